The van der Waals surface area contributed by atoms with Gasteiger partial charge in [0.05, 0.1) is 11.6 Å². The monoisotopic (exact) mass is 654 g/mol. The highest BCUT2D eigenvalue weighted by molar-refractivity contribution is 5.92. The van der Waals surface area contributed by atoms with E-state index in [9.17, 15) is 29.7 Å². The zero-order valence-electron chi connectivity index (χ0n) is 26.7. The van der Waals surface area contributed by atoms with Crippen LogP contribution in [0.25, 0.3) is 10.9 Å². The molecule has 6 N–H and O–H groups in total. The van der Waals surface area contributed by atoms with Crippen LogP contribution in [-0.4, -0.2) is 75.9 Å². The van der Waals surface area contributed by atoms with Gasteiger partial charge in [0.25, 0.3) is 0 Å². The van der Waals surface area contributed by atoms with Crippen molar-refractivity contribution in [2.75, 3.05) is 38.0 Å². The Bertz CT molecular complexity index is 1800. The third-order valence-corrected chi connectivity index (χ3v) is 9.52. The number of nitrogens with zero attached hydrogens (tertiary/aromatic N) is 1. The number of piperidine rings is 3. The summed E-state index contributed by atoms with van der Waals surface area (Å²) in [5.74, 6) is -0.694. The van der Waals surface area contributed by atoms with Gasteiger partial charge in [-0.2, -0.15) is 0 Å². The predicted octanol–water partition coefficient (Wildman–Crippen LogP) is 3.54. The Morgan fingerprint density at radius 3 is 2.50 bits per heavy atom. The summed E-state index contributed by atoms with van der Waals surface area (Å²) in [5.41, 5.74) is -0.351. The molecule has 0 aliphatic carbocycles. The number of amides is 1. The predicted molar refractivity (Wildman–Crippen MR) is 181 cm³/mol. The third kappa shape index (κ3) is 7.29. The first-order valence-corrected chi connectivity index (χ1v) is 16.6. The maximum absolute atomic E-state index is 13.8. The molecule has 252 valence electrons. The van der Waals surface area contributed by atoms with Crippen LogP contribution < -0.4 is 16.2 Å². The number of carbonyl (C=O) groups excluding carboxylic acids is 2. The number of anilines is 1. The van der Waals surface area contributed by atoms with E-state index in [4.69, 9.17) is 4.74 Å². The van der Waals surface area contributed by atoms with Gasteiger partial charge in [0, 0.05) is 42.2 Å². The van der Waals surface area contributed by atoms with E-state index in [1.807, 2.05) is 6.07 Å². The molecule has 3 aromatic carbocycles. The van der Waals surface area contributed by atoms with E-state index in [1.165, 1.54) is 12.1 Å². The number of carbonyl (C=O) groups is 2. The molecule has 3 aliphatic heterocycles. The van der Waals surface area contributed by atoms with Gasteiger partial charge in [-0.05, 0) is 86.6 Å². The Kier molecular flexibility index (Phi) is 10.2. The number of phenols is 1. The van der Waals surface area contributed by atoms with Crippen molar-refractivity contribution >= 4 is 28.5 Å². The molecule has 4 heterocycles. The molecule has 11 nitrogen and oxygen atoms in total. The zero-order valence-corrected chi connectivity index (χ0v) is 26.7. The highest BCUT2D eigenvalue weighted by atomic mass is 16.6. The van der Waals surface area contributed by atoms with E-state index in [-0.39, 0.29) is 47.7 Å². The number of aromatic amines is 1. The van der Waals surface area contributed by atoms with Crippen LogP contribution in [-0.2, 0) is 19.9 Å². The molecular formula is C37H42N4O7. The van der Waals surface area contributed by atoms with Gasteiger partial charge < -0.3 is 35.7 Å². The topological polar surface area (TPSA) is 164 Å². The van der Waals surface area contributed by atoms with Crippen LogP contribution in [0.15, 0.2) is 83.7 Å². The summed E-state index contributed by atoms with van der Waals surface area (Å²) in [6.45, 7) is 3.51. The second-order valence-corrected chi connectivity index (χ2v) is 12.7. The number of aliphatic hydroxyl groups is 2. The maximum atomic E-state index is 13.8. The maximum Gasteiger partial charge on any atom is 0.348 e. The Labute approximate surface area is 278 Å². The molecule has 3 atom stereocenters. The molecule has 7 rings (SSSR count). The van der Waals surface area contributed by atoms with Crippen molar-refractivity contribution in [2.45, 2.75) is 49.9 Å². The Hall–Kier alpha value is -4.55. The lowest BCUT2D eigenvalue weighted by Crippen LogP contribution is -2.53. The number of aromatic hydroxyl groups is 1. The summed E-state index contributed by atoms with van der Waals surface area (Å²) in [6.07, 6.45) is 2.35. The number of unbranched alkanes of at least 4 members (excludes halogenated alkanes) is 1. The zero-order chi connectivity index (χ0) is 33.7. The molecule has 11 heteroatoms. The van der Waals surface area contributed by atoms with Gasteiger partial charge in [0.15, 0.2) is 0 Å². The number of phenolic OH excluding ortho intramolecular Hbond substituents is 1. The van der Waals surface area contributed by atoms with E-state index >= 15 is 0 Å². The van der Waals surface area contributed by atoms with Crippen molar-refractivity contribution in [3.8, 4) is 5.75 Å². The lowest BCUT2D eigenvalue weighted by Gasteiger charge is -2.44. The number of fused-ring (bicyclic) bond motifs is 4. The average Bonchev–Trinajstić information content (AvgIpc) is 3.10. The molecule has 0 radical (unpaired) electrons. The van der Waals surface area contributed by atoms with E-state index in [0.29, 0.717) is 53.7 Å². The van der Waals surface area contributed by atoms with Gasteiger partial charge >= 0.3 is 5.97 Å². The van der Waals surface area contributed by atoms with Gasteiger partial charge in [-0.3, -0.25) is 14.5 Å². The van der Waals surface area contributed by atoms with E-state index in [1.54, 1.807) is 60.7 Å². The number of benzene rings is 3. The largest absolute Gasteiger partial charge is 0.506 e. The van der Waals surface area contributed by atoms with Crippen LogP contribution in [0.4, 0.5) is 5.69 Å². The Morgan fingerprint density at radius 1 is 0.979 bits per heavy atom. The van der Waals surface area contributed by atoms with Gasteiger partial charge in [0.1, 0.15) is 11.9 Å². The minimum atomic E-state index is -2.05. The van der Waals surface area contributed by atoms with Crippen LogP contribution in [0.1, 0.15) is 54.9 Å². The Morgan fingerprint density at radius 2 is 1.75 bits per heavy atom. The van der Waals surface area contributed by atoms with E-state index < -0.39 is 17.7 Å². The van der Waals surface area contributed by atoms with Gasteiger partial charge in [-0.1, -0.05) is 48.5 Å². The summed E-state index contributed by atoms with van der Waals surface area (Å²) in [6, 6.07) is 21.5. The molecule has 3 aliphatic rings. The first-order chi connectivity index (χ1) is 23.2. The number of hydrogen-bond acceptors (Lipinski definition) is 9. The van der Waals surface area contributed by atoms with Gasteiger partial charge in [0.2, 0.25) is 17.1 Å². The minimum absolute atomic E-state index is 0.0642. The highest BCUT2D eigenvalue weighted by Crippen LogP contribution is 2.36. The summed E-state index contributed by atoms with van der Waals surface area (Å²) in [7, 11) is 0. The second kappa shape index (κ2) is 14.7. The molecule has 48 heavy (non-hydrogen) atoms. The lowest BCUT2D eigenvalue weighted by atomic mass is 9.84. The minimum Gasteiger partial charge on any atom is -0.506 e. The lowest BCUT2D eigenvalue weighted by molar-refractivity contribution is -0.177. The number of aliphatic hydroxyl groups excluding tert-OH is 1. The van der Waals surface area contributed by atoms with Gasteiger partial charge in [-0.25, -0.2) is 4.79 Å². The SMILES string of the molecule is O=C(CCCCNC[C@H](O)c1ccc(O)c2[nH]c(=O)ccc12)Nc1cccc(C(O)(C(=O)O[C@H]2CN3CCC2CC3)c2ccccc2)c1. The van der Waals surface area contributed by atoms with Crippen molar-refractivity contribution in [1.29, 1.82) is 0 Å². The second-order valence-electron chi connectivity index (χ2n) is 12.7. The number of esters is 1. The molecule has 4 aromatic rings. The van der Waals surface area contributed by atoms with Crippen molar-refractivity contribution in [1.82, 2.24) is 15.2 Å². The molecule has 0 spiro atoms. The van der Waals surface area contributed by atoms with Crippen LogP contribution in [0.2, 0.25) is 0 Å². The number of H-pyrrole nitrogens is 1. The number of rotatable bonds is 13. The fourth-order valence-electron chi connectivity index (χ4n) is 6.83. The standard InChI is InChI=1S/C37H42N4O7/c42-30-14-12-28(29-13-15-34(45)40-35(29)30)31(43)22-38-18-5-4-11-33(44)39-27-10-6-9-26(21-27)37(47,25-7-2-1-3-8-25)36(46)48-32-23-41-19-16-24(32)17-20-41/h1-3,6-10,12-15,21,24,31-32,38,42-43,47H,4-5,11,16-20,22-23H2,(H,39,44)(H,40,45)/t31-,32-,37?/m0/s1. The molecule has 3 saturated heterocycles. The quantitative estimate of drug-likeness (QED) is 0.0935. The first-order valence-electron chi connectivity index (χ1n) is 16.6. The molecule has 1 aromatic heterocycles. The summed E-state index contributed by atoms with van der Waals surface area (Å²) in [4.78, 5) is 43.1. The van der Waals surface area contributed by atoms with E-state index in [2.05, 4.69) is 20.5 Å². The molecule has 3 fully saturated rings. The molecule has 2 bridgehead atoms. The fraction of sp³-hybridized carbons (Fsp3) is 0.378. The van der Waals surface area contributed by atoms with Crippen LogP contribution in [0.5, 0.6) is 5.75 Å². The number of pyridine rings is 1. The van der Waals surface area contributed by atoms with Crippen LogP contribution >= 0.6 is 0 Å². The van der Waals surface area contributed by atoms with Crippen molar-refractivity contribution in [2.24, 2.45) is 5.92 Å². The molecule has 1 amide bonds. The van der Waals surface area contributed by atoms with E-state index in [0.717, 1.165) is 25.9 Å². The number of ether oxygens (including phenoxy) is 1. The average molecular weight is 655 g/mol. The smallest absolute Gasteiger partial charge is 0.348 e. The number of hydrogen-bond donors (Lipinski definition) is 6. The van der Waals surface area contributed by atoms with Crippen molar-refractivity contribution in [3.05, 3.63) is 106 Å². The fourth-order valence-corrected chi connectivity index (χ4v) is 6.83. The van der Waals surface area contributed by atoms with Crippen LogP contribution in [0.3, 0.4) is 0 Å². The summed E-state index contributed by atoms with van der Waals surface area (Å²) in [5, 5.41) is 39.5. The van der Waals surface area contributed by atoms with Gasteiger partial charge in [-0.15, -0.1) is 0 Å². The third-order valence-electron chi connectivity index (χ3n) is 9.52. The highest BCUT2D eigenvalue weighted by Gasteiger charge is 2.45. The number of aromatic nitrogens is 1. The summed E-state index contributed by atoms with van der Waals surface area (Å²) >= 11 is 0. The molecule has 0 saturated carbocycles. The summed E-state index contributed by atoms with van der Waals surface area (Å²) < 4.78 is 6.01. The van der Waals surface area contributed by atoms with Crippen LogP contribution in [0, 0.1) is 5.92 Å². The first kappa shape index (κ1) is 33.4. The Balaban J connectivity index is 1.02. The van der Waals surface area contributed by atoms with Crippen molar-refractivity contribution in [3.63, 3.8) is 0 Å². The molecular weight excluding hydrogens is 612 g/mol. The normalized spacial score (nSPS) is 20.6. The van der Waals surface area contributed by atoms with Crippen molar-refractivity contribution < 1.29 is 29.6 Å². The molecule has 1 unspecified atom stereocenters. The number of nitrogens with one attached hydrogen (secondary N) is 3.